The van der Waals surface area contributed by atoms with Gasteiger partial charge in [-0.05, 0) is 24.7 Å². The minimum atomic E-state index is -0.542. The number of amides is 4. The van der Waals surface area contributed by atoms with E-state index in [0.717, 1.165) is 19.3 Å². The third-order valence-electron chi connectivity index (χ3n) is 4.09. The van der Waals surface area contributed by atoms with Crippen LogP contribution in [0.2, 0.25) is 0 Å². The number of carbonyl (C=O) groups is 3. The Morgan fingerprint density at radius 1 is 1.29 bits per heavy atom. The summed E-state index contributed by atoms with van der Waals surface area (Å²) in [6, 6.07) is -0.583. The second kappa shape index (κ2) is 4.47. The van der Waals surface area contributed by atoms with Crippen LogP contribution >= 0.6 is 0 Å². The van der Waals surface area contributed by atoms with Crippen LogP contribution in [0.4, 0.5) is 4.79 Å². The van der Waals surface area contributed by atoms with Gasteiger partial charge in [0.15, 0.2) is 0 Å². The third kappa shape index (κ3) is 2.06. The maximum absolute atomic E-state index is 11.8. The van der Waals surface area contributed by atoms with Gasteiger partial charge in [-0.1, -0.05) is 20.3 Å². The predicted molar refractivity (Wildman–Crippen MR) is 61.0 cm³/mol. The SMILES string of the molecule is CCC1CCC(N2C(=O)CC(=O)NC2=O)C1C. The van der Waals surface area contributed by atoms with Gasteiger partial charge >= 0.3 is 6.03 Å². The number of nitrogens with one attached hydrogen (secondary N) is 1. The molecule has 0 bridgehead atoms. The van der Waals surface area contributed by atoms with Crippen molar-refractivity contribution in [2.75, 3.05) is 0 Å². The highest BCUT2D eigenvalue weighted by Crippen LogP contribution is 2.37. The first-order valence-electron chi connectivity index (χ1n) is 6.20. The summed E-state index contributed by atoms with van der Waals surface area (Å²) in [4.78, 5) is 35.8. The van der Waals surface area contributed by atoms with Crippen molar-refractivity contribution in [1.82, 2.24) is 10.2 Å². The van der Waals surface area contributed by atoms with E-state index in [4.69, 9.17) is 0 Å². The molecule has 2 rings (SSSR count). The molecule has 0 spiro atoms. The van der Waals surface area contributed by atoms with Crippen molar-refractivity contribution in [2.24, 2.45) is 11.8 Å². The summed E-state index contributed by atoms with van der Waals surface area (Å²) in [5.74, 6) is 0.0439. The molecule has 4 amide bonds. The molecule has 1 aliphatic heterocycles. The van der Waals surface area contributed by atoms with E-state index < -0.39 is 11.9 Å². The van der Waals surface area contributed by atoms with Gasteiger partial charge in [-0.15, -0.1) is 0 Å². The van der Waals surface area contributed by atoms with Gasteiger partial charge in [0.1, 0.15) is 6.42 Å². The van der Waals surface area contributed by atoms with E-state index in [2.05, 4.69) is 19.2 Å². The summed E-state index contributed by atoms with van der Waals surface area (Å²) in [6.45, 7) is 4.22. The molecule has 5 nitrogen and oxygen atoms in total. The van der Waals surface area contributed by atoms with E-state index >= 15 is 0 Å². The van der Waals surface area contributed by atoms with Crippen LogP contribution in [-0.4, -0.2) is 28.8 Å². The van der Waals surface area contributed by atoms with Crippen molar-refractivity contribution in [2.45, 2.75) is 45.6 Å². The Labute approximate surface area is 101 Å². The van der Waals surface area contributed by atoms with Crippen molar-refractivity contribution >= 4 is 17.8 Å². The summed E-state index contributed by atoms with van der Waals surface area (Å²) >= 11 is 0. The maximum atomic E-state index is 11.8. The third-order valence-corrected chi connectivity index (χ3v) is 4.09. The maximum Gasteiger partial charge on any atom is 0.331 e. The van der Waals surface area contributed by atoms with Crippen LogP contribution in [0.25, 0.3) is 0 Å². The lowest BCUT2D eigenvalue weighted by Crippen LogP contribution is -2.57. The largest absolute Gasteiger partial charge is 0.331 e. The Bertz CT molecular complexity index is 347. The first kappa shape index (κ1) is 12.1. The number of barbiturate groups is 1. The molecule has 5 heteroatoms. The number of urea groups is 1. The molecule has 2 fully saturated rings. The summed E-state index contributed by atoms with van der Waals surface area (Å²) in [5, 5.41) is 2.22. The molecule has 0 aromatic carbocycles. The molecule has 3 atom stereocenters. The summed E-state index contributed by atoms with van der Waals surface area (Å²) in [6.07, 6.45) is 2.77. The van der Waals surface area contributed by atoms with E-state index in [0.29, 0.717) is 11.8 Å². The summed E-state index contributed by atoms with van der Waals surface area (Å²) in [7, 11) is 0. The minimum Gasteiger partial charge on any atom is -0.277 e. The zero-order valence-corrected chi connectivity index (χ0v) is 10.2. The molecule has 1 aliphatic carbocycles. The lowest BCUT2D eigenvalue weighted by atomic mass is 9.92. The van der Waals surface area contributed by atoms with Crippen LogP contribution < -0.4 is 5.32 Å². The number of hydrogen-bond acceptors (Lipinski definition) is 3. The van der Waals surface area contributed by atoms with E-state index in [1.165, 1.54) is 4.90 Å². The van der Waals surface area contributed by atoms with Gasteiger partial charge in [-0.2, -0.15) is 0 Å². The van der Waals surface area contributed by atoms with E-state index in [1.807, 2.05) is 0 Å². The van der Waals surface area contributed by atoms with Crippen LogP contribution in [0.3, 0.4) is 0 Å². The highest BCUT2D eigenvalue weighted by molar-refractivity contribution is 6.14. The first-order chi connectivity index (χ1) is 8.04. The molecule has 1 saturated heterocycles. The fourth-order valence-electron chi connectivity index (χ4n) is 3.06. The minimum absolute atomic E-state index is 0.0412. The molecular weight excluding hydrogens is 220 g/mol. The average Bonchev–Trinajstić information content (AvgIpc) is 2.59. The van der Waals surface area contributed by atoms with Gasteiger partial charge in [-0.25, -0.2) is 4.79 Å². The molecule has 0 radical (unpaired) electrons. The molecule has 2 aliphatic rings. The van der Waals surface area contributed by atoms with Gasteiger partial charge < -0.3 is 0 Å². The lowest BCUT2D eigenvalue weighted by molar-refractivity contribution is -0.138. The second-order valence-electron chi connectivity index (χ2n) is 4.97. The standard InChI is InChI=1S/C12H18N2O3/c1-3-8-4-5-9(7(8)2)14-11(16)6-10(15)13-12(14)17/h7-9H,3-6H2,1-2H3,(H,13,15,17). The fourth-order valence-corrected chi connectivity index (χ4v) is 3.06. The van der Waals surface area contributed by atoms with Crippen LogP contribution in [-0.2, 0) is 9.59 Å². The number of rotatable bonds is 2. The fraction of sp³-hybridized carbons (Fsp3) is 0.750. The Kier molecular flexibility index (Phi) is 3.17. The molecule has 0 aromatic rings. The van der Waals surface area contributed by atoms with E-state index in [1.54, 1.807) is 0 Å². The zero-order valence-electron chi connectivity index (χ0n) is 10.2. The predicted octanol–water partition coefficient (Wildman–Crippen LogP) is 1.28. The zero-order chi connectivity index (χ0) is 12.6. The quantitative estimate of drug-likeness (QED) is 0.737. The summed E-state index contributed by atoms with van der Waals surface area (Å²) < 4.78 is 0. The van der Waals surface area contributed by atoms with Crippen LogP contribution in [0.5, 0.6) is 0 Å². The number of nitrogens with zero attached hydrogens (tertiary/aromatic N) is 1. The van der Waals surface area contributed by atoms with Crippen molar-refractivity contribution in [3.05, 3.63) is 0 Å². The number of carbonyl (C=O) groups excluding carboxylic acids is 3. The molecule has 0 aromatic heterocycles. The monoisotopic (exact) mass is 238 g/mol. The van der Waals surface area contributed by atoms with Crippen molar-refractivity contribution in [1.29, 1.82) is 0 Å². The van der Waals surface area contributed by atoms with E-state index in [-0.39, 0.29) is 18.4 Å². The van der Waals surface area contributed by atoms with Gasteiger partial charge in [0.25, 0.3) is 0 Å². The number of hydrogen-bond donors (Lipinski definition) is 1. The second-order valence-corrected chi connectivity index (χ2v) is 4.97. The van der Waals surface area contributed by atoms with Gasteiger partial charge in [0.2, 0.25) is 11.8 Å². The Morgan fingerprint density at radius 3 is 2.53 bits per heavy atom. The smallest absolute Gasteiger partial charge is 0.277 e. The molecular formula is C12H18N2O3. The molecule has 3 unspecified atom stereocenters. The van der Waals surface area contributed by atoms with Gasteiger partial charge in [0.05, 0.1) is 0 Å². The molecule has 1 heterocycles. The highest BCUT2D eigenvalue weighted by Gasteiger charge is 2.43. The average molecular weight is 238 g/mol. The van der Waals surface area contributed by atoms with Crippen molar-refractivity contribution in [3.63, 3.8) is 0 Å². The first-order valence-corrected chi connectivity index (χ1v) is 6.20. The Balaban J connectivity index is 2.14. The van der Waals surface area contributed by atoms with Gasteiger partial charge in [0, 0.05) is 6.04 Å². The summed E-state index contributed by atoms with van der Waals surface area (Å²) in [5.41, 5.74) is 0. The van der Waals surface area contributed by atoms with Crippen molar-refractivity contribution < 1.29 is 14.4 Å². The molecule has 1 N–H and O–H groups in total. The van der Waals surface area contributed by atoms with Gasteiger partial charge in [-0.3, -0.25) is 19.8 Å². The highest BCUT2D eigenvalue weighted by atomic mass is 16.2. The number of imide groups is 2. The Hall–Kier alpha value is -1.39. The normalized spacial score (nSPS) is 34.1. The van der Waals surface area contributed by atoms with E-state index in [9.17, 15) is 14.4 Å². The van der Waals surface area contributed by atoms with Crippen molar-refractivity contribution in [3.8, 4) is 0 Å². The van der Waals surface area contributed by atoms with Crippen LogP contribution in [0.15, 0.2) is 0 Å². The topological polar surface area (TPSA) is 66.5 Å². The molecule has 17 heavy (non-hydrogen) atoms. The lowest BCUT2D eigenvalue weighted by Gasteiger charge is -2.33. The van der Waals surface area contributed by atoms with Crippen LogP contribution in [0, 0.1) is 11.8 Å². The molecule has 1 saturated carbocycles. The van der Waals surface area contributed by atoms with Crippen LogP contribution in [0.1, 0.15) is 39.5 Å². The molecule has 94 valence electrons. The Morgan fingerprint density at radius 2 is 2.00 bits per heavy atom.